The minimum atomic E-state index is -3.97. The number of aromatic nitrogens is 2. The molecule has 0 radical (unpaired) electrons. The second kappa shape index (κ2) is 10.3. The number of aliphatic hydroxyl groups excluding tert-OH is 1. The van der Waals surface area contributed by atoms with E-state index in [9.17, 15) is 13.5 Å². The largest absolute Gasteiger partial charge is 0.388 e. The summed E-state index contributed by atoms with van der Waals surface area (Å²) >= 11 is 0. The molecular formula is C24H40N4O6SSi. The summed E-state index contributed by atoms with van der Waals surface area (Å²) in [5, 5.41) is 9.89. The lowest BCUT2D eigenvalue weighted by atomic mass is 10.0. The fraction of sp³-hybridized carbons (Fsp3) is 0.708. The maximum Gasteiger partial charge on any atom is 0.247 e. The minimum absolute atomic E-state index is 0.00315. The number of pyridine rings is 1. The van der Waals surface area contributed by atoms with Crippen molar-refractivity contribution in [2.75, 3.05) is 44.5 Å². The van der Waals surface area contributed by atoms with Crippen LogP contribution in [0, 0.1) is 0 Å². The van der Waals surface area contributed by atoms with Crippen LogP contribution in [0.4, 0.5) is 5.69 Å². The van der Waals surface area contributed by atoms with Crippen LogP contribution in [0.25, 0.3) is 5.52 Å². The smallest absolute Gasteiger partial charge is 0.247 e. The molecule has 2 aliphatic rings. The Morgan fingerprint density at radius 3 is 2.47 bits per heavy atom. The van der Waals surface area contributed by atoms with Gasteiger partial charge in [0.1, 0.15) is 24.1 Å². The average molecular weight is 541 g/mol. The first kappa shape index (κ1) is 27.5. The summed E-state index contributed by atoms with van der Waals surface area (Å²) in [6, 6.07) is 2.67. The lowest BCUT2D eigenvalue weighted by molar-refractivity contribution is -0.124. The summed E-state index contributed by atoms with van der Waals surface area (Å²) in [5.74, 6) is 0.383. The summed E-state index contributed by atoms with van der Waals surface area (Å²) in [6.07, 6.45) is 3.23. The average Bonchev–Trinajstić information content (AvgIpc) is 3.18. The second-order valence-electron chi connectivity index (χ2n) is 11.5. The SMILES string of the molecule is C[C@H]1CN(c2cc(S(=O)(=O)N(COCC[Si](C)(C)C)C3(C)COC3)cn3c(CO)ncc23)C[C@H](C)O1. The van der Waals surface area contributed by atoms with Gasteiger partial charge in [-0.2, -0.15) is 4.31 Å². The second-order valence-corrected chi connectivity index (χ2v) is 19.0. The summed E-state index contributed by atoms with van der Waals surface area (Å²) in [6.45, 7) is 14.7. The highest BCUT2D eigenvalue weighted by atomic mass is 32.2. The van der Waals surface area contributed by atoms with E-state index in [1.54, 1.807) is 22.9 Å². The molecule has 202 valence electrons. The van der Waals surface area contributed by atoms with Crippen LogP contribution in [0.1, 0.15) is 26.6 Å². The highest BCUT2D eigenvalue weighted by Crippen LogP contribution is 2.34. The zero-order valence-corrected chi connectivity index (χ0v) is 24.0. The van der Waals surface area contributed by atoms with Gasteiger partial charge in [-0.05, 0) is 32.9 Å². The van der Waals surface area contributed by atoms with E-state index in [1.165, 1.54) is 4.31 Å². The number of hydrogen-bond donors (Lipinski definition) is 1. The number of sulfonamides is 1. The topological polar surface area (TPSA) is 106 Å². The summed E-state index contributed by atoms with van der Waals surface area (Å²) in [4.78, 5) is 6.61. The van der Waals surface area contributed by atoms with Gasteiger partial charge in [0.15, 0.2) is 0 Å². The molecule has 12 heteroatoms. The van der Waals surface area contributed by atoms with Crippen molar-refractivity contribution in [3.05, 3.63) is 24.3 Å². The number of morpholine rings is 1. The Bertz CT molecular complexity index is 1170. The molecule has 2 aliphatic heterocycles. The Kier molecular flexibility index (Phi) is 7.88. The van der Waals surface area contributed by atoms with Crippen LogP contribution in [-0.2, 0) is 30.8 Å². The van der Waals surface area contributed by atoms with Gasteiger partial charge in [0, 0.05) is 34.0 Å². The zero-order chi connectivity index (χ0) is 26.3. The molecular weight excluding hydrogens is 500 g/mol. The van der Waals surface area contributed by atoms with Crippen LogP contribution < -0.4 is 4.90 Å². The van der Waals surface area contributed by atoms with Crippen molar-refractivity contribution in [1.82, 2.24) is 13.7 Å². The van der Waals surface area contributed by atoms with Crippen molar-refractivity contribution < 1.29 is 27.7 Å². The highest BCUT2D eigenvalue weighted by molar-refractivity contribution is 7.89. The number of rotatable bonds is 10. The monoisotopic (exact) mass is 540 g/mol. The van der Waals surface area contributed by atoms with Crippen molar-refractivity contribution in [3.8, 4) is 0 Å². The summed E-state index contributed by atoms with van der Waals surface area (Å²) in [7, 11) is -5.28. The van der Waals surface area contributed by atoms with Gasteiger partial charge in [-0.25, -0.2) is 13.4 Å². The molecule has 4 rings (SSSR count). The molecule has 0 spiro atoms. The van der Waals surface area contributed by atoms with Crippen LogP contribution in [0.15, 0.2) is 23.4 Å². The number of imidazole rings is 1. The third kappa shape index (κ3) is 5.64. The van der Waals surface area contributed by atoms with Crippen LogP contribution in [0.5, 0.6) is 0 Å². The number of nitrogens with zero attached hydrogens (tertiary/aromatic N) is 4. The molecule has 36 heavy (non-hydrogen) atoms. The number of fused-ring (bicyclic) bond motifs is 1. The van der Waals surface area contributed by atoms with Crippen molar-refractivity contribution in [2.45, 2.75) is 75.7 Å². The molecule has 0 aliphatic carbocycles. The molecule has 2 atom stereocenters. The third-order valence-corrected chi connectivity index (χ3v) is 10.4. The van der Waals surface area contributed by atoms with Gasteiger partial charge in [-0.1, -0.05) is 19.6 Å². The number of aliphatic hydroxyl groups is 1. The van der Waals surface area contributed by atoms with Crippen LogP contribution in [-0.4, -0.2) is 92.7 Å². The lowest BCUT2D eigenvalue weighted by Gasteiger charge is -2.45. The molecule has 2 aromatic rings. The third-order valence-electron chi connectivity index (χ3n) is 6.79. The van der Waals surface area contributed by atoms with E-state index < -0.39 is 23.6 Å². The quantitative estimate of drug-likeness (QED) is 0.278. The first-order valence-corrected chi connectivity index (χ1v) is 17.7. The van der Waals surface area contributed by atoms with E-state index in [1.807, 2.05) is 20.8 Å². The van der Waals surface area contributed by atoms with Crippen LogP contribution >= 0.6 is 0 Å². The predicted octanol–water partition coefficient (Wildman–Crippen LogP) is 2.53. The van der Waals surface area contributed by atoms with E-state index in [-0.39, 0.29) is 30.4 Å². The minimum Gasteiger partial charge on any atom is -0.388 e. The molecule has 10 nitrogen and oxygen atoms in total. The van der Waals surface area contributed by atoms with E-state index in [0.29, 0.717) is 38.7 Å². The molecule has 0 amide bonds. The van der Waals surface area contributed by atoms with Gasteiger partial charge < -0.3 is 24.2 Å². The molecule has 0 unspecified atom stereocenters. The first-order valence-electron chi connectivity index (χ1n) is 12.5. The molecule has 0 saturated carbocycles. The molecule has 0 aromatic carbocycles. The lowest BCUT2D eigenvalue weighted by Crippen LogP contribution is -2.62. The molecule has 2 fully saturated rings. The normalized spacial score (nSPS) is 22.8. The Balaban J connectivity index is 1.74. The number of ether oxygens (including phenoxy) is 3. The van der Waals surface area contributed by atoms with Crippen molar-refractivity contribution >= 4 is 29.3 Å². The van der Waals surface area contributed by atoms with Gasteiger partial charge in [0.25, 0.3) is 0 Å². The Labute approximate surface area is 215 Å². The van der Waals surface area contributed by atoms with Crippen molar-refractivity contribution in [3.63, 3.8) is 0 Å². The van der Waals surface area contributed by atoms with Gasteiger partial charge in [-0.3, -0.25) is 4.40 Å². The van der Waals surface area contributed by atoms with Gasteiger partial charge in [0.05, 0.1) is 48.4 Å². The molecule has 2 aromatic heterocycles. The molecule has 0 bridgehead atoms. The molecule has 4 heterocycles. The van der Waals surface area contributed by atoms with Gasteiger partial charge in [0.2, 0.25) is 10.0 Å². The molecule has 2 saturated heterocycles. The van der Waals surface area contributed by atoms with Crippen LogP contribution in [0.2, 0.25) is 25.7 Å². The Morgan fingerprint density at radius 2 is 1.92 bits per heavy atom. The van der Waals surface area contributed by atoms with Crippen molar-refractivity contribution in [2.24, 2.45) is 0 Å². The fourth-order valence-corrected chi connectivity index (χ4v) is 7.11. The van der Waals surface area contributed by atoms with Crippen LogP contribution in [0.3, 0.4) is 0 Å². The predicted molar refractivity (Wildman–Crippen MR) is 141 cm³/mol. The van der Waals surface area contributed by atoms with Gasteiger partial charge in [-0.15, -0.1) is 0 Å². The Hall–Kier alpha value is -1.54. The van der Waals surface area contributed by atoms with Gasteiger partial charge >= 0.3 is 0 Å². The Morgan fingerprint density at radius 1 is 1.25 bits per heavy atom. The van der Waals surface area contributed by atoms with E-state index in [2.05, 4.69) is 29.5 Å². The molecule has 1 N–H and O–H groups in total. The van der Waals surface area contributed by atoms with E-state index >= 15 is 0 Å². The van der Waals surface area contributed by atoms with E-state index in [4.69, 9.17) is 14.2 Å². The standard InChI is InChI=1S/C24H40N4O6SSi/c1-18-11-26(12-19(2)34-18)21-9-20(13-27-22(21)10-25-23(27)14-29)35(30,31)28(24(3)15-33-16-24)17-32-7-8-36(4,5)6/h9-10,13,18-19,29H,7-8,11-12,14-17H2,1-6H3/t18-,19-/m0/s1. The number of hydrogen-bond acceptors (Lipinski definition) is 8. The maximum absolute atomic E-state index is 14.2. The first-order chi connectivity index (χ1) is 16.8. The van der Waals surface area contributed by atoms with E-state index in [0.717, 1.165) is 17.2 Å². The zero-order valence-electron chi connectivity index (χ0n) is 22.2. The fourth-order valence-electron chi connectivity index (χ4n) is 4.70. The summed E-state index contributed by atoms with van der Waals surface area (Å²) < 4.78 is 48.7. The highest BCUT2D eigenvalue weighted by Gasteiger charge is 2.47. The van der Waals surface area contributed by atoms with Crippen molar-refractivity contribution in [1.29, 1.82) is 0 Å². The maximum atomic E-state index is 14.2. The summed E-state index contributed by atoms with van der Waals surface area (Å²) in [5.41, 5.74) is 0.805. The number of anilines is 1.